The maximum Gasteiger partial charge on any atom is 0.290 e. The minimum Gasteiger partial charge on any atom is -0.503 e. The van der Waals surface area contributed by atoms with Crippen LogP contribution in [0.25, 0.3) is 0 Å². The van der Waals surface area contributed by atoms with Crippen LogP contribution in [0.5, 0.6) is 5.75 Å². The van der Waals surface area contributed by atoms with Crippen LogP contribution in [0, 0.1) is 13.8 Å². The molecular formula is C26H28N2O5S. The van der Waals surface area contributed by atoms with Crippen molar-refractivity contribution in [2.45, 2.75) is 52.6 Å². The Kier molecular flexibility index (Phi) is 7.17. The molecule has 0 bridgehead atoms. The van der Waals surface area contributed by atoms with E-state index in [2.05, 4.69) is 11.9 Å². The van der Waals surface area contributed by atoms with E-state index in [1.807, 2.05) is 31.2 Å². The third kappa shape index (κ3) is 4.77. The van der Waals surface area contributed by atoms with E-state index in [9.17, 15) is 14.7 Å². The van der Waals surface area contributed by atoms with E-state index >= 15 is 0 Å². The van der Waals surface area contributed by atoms with E-state index < -0.39 is 17.7 Å². The van der Waals surface area contributed by atoms with Gasteiger partial charge in [0.1, 0.15) is 11.5 Å². The molecule has 0 spiro atoms. The molecule has 3 aromatic rings. The number of aliphatic hydroxyl groups excluding tert-OH is 1. The van der Waals surface area contributed by atoms with Crippen LogP contribution in [0.4, 0.5) is 0 Å². The Morgan fingerprint density at radius 2 is 1.97 bits per heavy atom. The van der Waals surface area contributed by atoms with Gasteiger partial charge in [0.25, 0.3) is 5.91 Å². The Balaban J connectivity index is 1.68. The van der Waals surface area contributed by atoms with E-state index in [-0.39, 0.29) is 17.9 Å². The van der Waals surface area contributed by atoms with Crippen LogP contribution in [0.15, 0.2) is 58.4 Å². The molecule has 0 aliphatic carbocycles. The second-order valence-corrected chi connectivity index (χ2v) is 9.48. The second-order valence-electron chi connectivity index (χ2n) is 8.28. The van der Waals surface area contributed by atoms with E-state index in [1.165, 1.54) is 22.5 Å². The number of amides is 1. The lowest BCUT2D eigenvalue weighted by atomic mass is 9.95. The molecule has 34 heavy (non-hydrogen) atoms. The minimum absolute atomic E-state index is 0.0555. The van der Waals surface area contributed by atoms with Gasteiger partial charge in [-0.2, -0.15) is 0 Å². The molecule has 1 unspecified atom stereocenters. The molecule has 1 atom stereocenters. The number of thiazole rings is 1. The molecule has 1 aliphatic rings. The highest BCUT2D eigenvalue weighted by Gasteiger charge is 2.44. The molecule has 2 aromatic heterocycles. The van der Waals surface area contributed by atoms with E-state index in [4.69, 9.17) is 9.15 Å². The first-order chi connectivity index (χ1) is 16.4. The number of unbranched alkanes of at least 4 members (excludes halogenated alkanes) is 2. The summed E-state index contributed by atoms with van der Waals surface area (Å²) in [5.74, 6) is -0.256. The van der Waals surface area contributed by atoms with Crippen LogP contribution in [0.3, 0.4) is 0 Å². The summed E-state index contributed by atoms with van der Waals surface area (Å²) in [6.07, 6.45) is 4.73. The van der Waals surface area contributed by atoms with Crippen LogP contribution < -0.4 is 4.74 Å². The van der Waals surface area contributed by atoms with Gasteiger partial charge in [-0.15, -0.1) is 11.3 Å². The highest BCUT2D eigenvalue weighted by Crippen LogP contribution is 2.41. The Morgan fingerprint density at radius 3 is 2.59 bits per heavy atom. The largest absolute Gasteiger partial charge is 0.503 e. The summed E-state index contributed by atoms with van der Waals surface area (Å²) in [4.78, 5) is 32.9. The zero-order valence-electron chi connectivity index (χ0n) is 19.5. The quantitative estimate of drug-likeness (QED) is 0.296. The summed E-state index contributed by atoms with van der Waals surface area (Å²) in [7, 11) is 0. The number of rotatable bonds is 10. The predicted molar refractivity (Wildman–Crippen MR) is 129 cm³/mol. The fourth-order valence-corrected chi connectivity index (χ4v) is 4.99. The molecule has 3 heterocycles. The summed E-state index contributed by atoms with van der Waals surface area (Å²) in [5, 5.41) is 11.6. The molecule has 8 heteroatoms. The number of carbonyl (C=O) groups is 2. The number of aryl methyl sites for hydroxylation is 2. The van der Waals surface area contributed by atoms with Crippen molar-refractivity contribution in [2.75, 3.05) is 6.61 Å². The summed E-state index contributed by atoms with van der Waals surface area (Å²) in [5.41, 5.74) is 1.34. The lowest BCUT2D eigenvalue weighted by Crippen LogP contribution is -2.30. The van der Waals surface area contributed by atoms with Gasteiger partial charge in [-0.3, -0.25) is 9.59 Å². The number of furan rings is 1. The van der Waals surface area contributed by atoms with Crippen molar-refractivity contribution < 1.29 is 23.8 Å². The fourth-order valence-electron chi connectivity index (χ4n) is 4.12. The molecule has 1 aliphatic heterocycles. The van der Waals surface area contributed by atoms with Gasteiger partial charge in [0.15, 0.2) is 5.76 Å². The topological polar surface area (TPSA) is 92.9 Å². The highest BCUT2D eigenvalue weighted by atomic mass is 32.1. The van der Waals surface area contributed by atoms with E-state index in [0.29, 0.717) is 28.5 Å². The van der Waals surface area contributed by atoms with Gasteiger partial charge in [0.2, 0.25) is 5.78 Å². The van der Waals surface area contributed by atoms with Gasteiger partial charge in [0, 0.05) is 0 Å². The molecule has 7 nitrogen and oxygen atoms in total. The second kappa shape index (κ2) is 10.3. The Morgan fingerprint density at radius 1 is 1.21 bits per heavy atom. The van der Waals surface area contributed by atoms with Gasteiger partial charge in [-0.1, -0.05) is 31.9 Å². The number of nitrogens with zero attached hydrogens (tertiary/aromatic N) is 2. The SMILES string of the molecule is CCCCCOc1ccc(C2C(C(=O)c3sc(C)nc3C)=C(O)C(=O)N2Cc2ccco2)cc1. The minimum atomic E-state index is -0.763. The maximum atomic E-state index is 13.6. The third-order valence-corrected chi connectivity index (χ3v) is 6.85. The molecule has 0 saturated heterocycles. The zero-order chi connectivity index (χ0) is 24.2. The molecule has 0 fully saturated rings. The average Bonchev–Trinajstić information content (AvgIpc) is 3.52. The molecule has 1 amide bonds. The van der Waals surface area contributed by atoms with Gasteiger partial charge >= 0.3 is 0 Å². The lowest BCUT2D eigenvalue weighted by molar-refractivity contribution is -0.130. The smallest absolute Gasteiger partial charge is 0.290 e. The number of Topliss-reactive ketones (excluding diaryl/α,β-unsaturated/α-hetero) is 1. The van der Waals surface area contributed by atoms with Crippen LogP contribution in [0.1, 0.15) is 63.9 Å². The summed E-state index contributed by atoms with van der Waals surface area (Å²) < 4.78 is 11.3. The van der Waals surface area contributed by atoms with Crippen LogP contribution >= 0.6 is 11.3 Å². The Labute approximate surface area is 202 Å². The third-order valence-electron chi connectivity index (χ3n) is 5.78. The number of hydrogen-bond acceptors (Lipinski definition) is 7. The molecule has 0 radical (unpaired) electrons. The first-order valence-corrected chi connectivity index (χ1v) is 12.2. The van der Waals surface area contributed by atoms with Crippen LogP contribution in [-0.2, 0) is 11.3 Å². The lowest BCUT2D eigenvalue weighted by Gasteiger charge is -2.26. The normalized spacial score (nSPS) is 15.9. The van der Waals surface area contributed by atoms with Crippen molar-refractivity contribution in [3.8, 4) is 5.75 Å². The highest BCUT2D eigenvalue weighted by molar-refractivity contribution is 7.14. The summed E-state index contributed by atoms with van der Waals surface area (Å²) >= 11 is 1.26. The number of hydrogen-bond donors (Lipinski definition) is 1. The first-order valence-electron chi connectivity index (χ1n) is 11.4. The molecule has 0 saturated carbocycles. The first kappa shape index (κ1) is 23.8. The number of ketones is 1. The van der Waals surface area contributed by atoms with E-state index in [1.54, 1.807) is 19.1 Å². The van der Waals surface area contributed by atoms with Crippen molar-refractivity contribution >= 4 is 23.0 Å². The number of ether oxygens (including phenoxy) is 1. The van der Waals surface area contributed by atoms with Crippen molar-refractivity contribution in [3.05, 3.63) is 80.9 Å². The van der Waals surface area contributed by atoms with Gasteiger partial charge < -0.3 is 19.2 Å². The predicted octanol–water partition coefficient (Wildman–Crippen LogP) is 5.70. The van der Waals surface area contributed by atoms with Crippen molar-refractivity contribution in [1.29, 1.82) is 0 Å². The molecule has 4 rings (SSSR count). The number of benzene rings is 1. The van der Waals surface area contributed by atoms with Gasteiger partial charge in [0.05, 0.1) is 46.6 Å². The van der Waals surface area contributed by atoms with Crippen LogP contribution in [-0.4, -0.2) is 33.3 Å². The fraction of sp³-hybridized carbons (Fsp3) is 0.346. The van der Waals surface area contributed by atoms with Crippen molar-refractivity contribution in [3.63, 3.8) is 0 Å². The van der Waals surface area contributed by atoms with Crippen LogP contribution in [0.2, 0.25) is 0 Å². The number of aromatic nitrogens is 1. The Bertz CT molecular complexity index is 1190. The maximum absolute atomic E-state index is 13.6. The monoisotopic (exact) mass is 480 g/mol. The summed E-state index contributed by atoms with van der Waals surface area (Å²) in [6, 6.07) is 10.1. The standard InChI is InChI=1S/C26H28N2O5S/c1-4-5-6-13-32-19-11-9-18(10-12-19)22-21(23(29)25-16(2)27-17(3)34-25)24(30)26(31)28(22)15-20-8-7-14-33-20/h7-12,14,22,30H,4-6,13,15H2,1-3H3. The van der Waals surface area contributed by atoms with Crippen molar-refractivity contribution in [2.24, 2.45) is 0 Å². The number of aliphatic hydroxyl groups is 1. The van der Waals surface area contributed by atoms with E-state index in [0.717, 1.165) is 30.0 Å². The Hall–Kier alpha value is -3.39. The van der Waals surface area contributed by atoms with Gasteiger partial charge in [-0.05, 0) is 50.1 Å². The van der Waals surface area contributed by atoms with Gasteiger partial charge in [-0.25, -0.2) is 4.98 Å². The molecule has 1 aromatic carbocycles. The molecule has 178 valence electrons. The number of carbonyl (C=O) groups excluding carboxylic acids is 2. The summed E-state index contributed by atoms with van der Waals surface area (Å²) in [6.45, 7) is 6.47. The van der Waals surface area contributed by atoms with Crippen molar-refractivity contribution in [1.82, 2.24) is 9.88 Å². The molecular weight excluding hydrogens is 452 g/mol. The molecule has 1 N–H and O–H groups in total. The zero-order valence-corrected chi connectivity index (χ0v) is 20.4. The average molecular weight is 481 g/mol.